The zero-order valence-corrected chi connectivity index (χ0v) is 38.4. The molecule has 2 atom stereocenters. The first kappa shape index (κ1) is 57.7. The number of methoxy groups -OCH3 is 3. The summed E-state index contributed by atoms with van der Waals surface area (Å²) < 4.78 is 41.1. The molecule has 0 spiro atoms. The second-order valence-electron chi connectivity index (χ2n) is 13.7. The minimum absolute atomic E-state index is 0.0503. The van der Waals surface area contributed by atoms with E-state index in [-0.39, 0.29) is 126 Å². The van der Waals surface area contributed by atoms with Crippen LogP contribution in [0.1, 0.15) is 107 Å². The van der Waals surface area contributed by atoms with Gasteiger partial charge in [0.2, 0.25) is 0 Å². The molecule has 0 saturated carbocycles. The highest BCUT2D eigenvalue weighted by Gasteiger charge is 2.25. The van der Waals surface area contributed by atoms with Gasteiger partial charge >= 0.3 is 17.9 Å². The van der Waals surface area contributed by atoms with Gasteiger partial charge in [0.05, 0.1) is 116 Å². The fourth-order valence-corrected chi connectivity index (χ4v) is 5.58. The Morgan fingerprint density at radius 2 is 0.881 bits per heavy atom. The Morgan fingerprint density at radius 1 is 0.552 bits per heavy atom. The molecule has 0 aromatic heterocycles. The first-order valence-electron chi connectivity index (χ1n) is 20.5. The minimum atomic E-state index is -1.03. The SMILES string of the molecule is CCOC(=O)CCCOc1cc([N+](=O)[O-])c(C(C)=O)cc1OC.CCOC(=O)CCCOc1cc([N+](=O)[O-])c(C(C)O)cc1OC.COc1cc(C(C)O)c([N+](=O)[O-])cc1OCCCC(=O)O. The quantitative estimate of drug-likeness (QED) is 0.0244. The molecule has 370 valence electrons. The fourth-order valence-electron chi connectivity index (χ4n) is 5.58. The summed E-state index contributed by atoms with van der Waals surface area (Å²) >= 11 is 0. The highest BCUT2D eigenvalue weighted by molar-refractivity contribution is 5.99. The van der Waals surface area contributed by atoms with Crippen molar-refractivity contribution >= 4 is 40.8 Å². The molecule has 0 radical (unpaired) electrons. The first-order chi connectivity index (χ1) is 31.7. The van der Waals surface area contributed by atoms with Crippen LogP contribution in [0.25, 0.3) is 0 Å². The number of nitrogens with zero attached hydrogens (tertiary/aromatic N) is 3. The number of carboxylic acid groups (broad SMARTS) is 1. The fraction of sp³-hybridized carbons (Fsp3) is 0.488. The van der Waals surface area contributed by atoms with E-state index in [0.717, 1.165) is 6.07 Å². The molecule has 24 heteroatoms. The van der Waals surface area contributed by atoms with Gasteiger partial charge in [0.15, 0.2) is 40.3 Å². The molecule has 3 aromatic carbocycles. The third-order valence-electron chi connectivity index (χ3n) is 8.75. The van der Waals surface area contributed by atoms with Crippen molar-refractivity contribution in [3.05, 3.63) is 83.4 Å². The summed E-state index contributed by atoms with van der Waals surface area (Å²) in [6.45, 7) is 8.59. The highest BCUT2D eigenvalue weighted by atomic mass is 16.6. The molecule has 3 rings (SSSR count). The predicted molar refractivity (Wildman–Crippen MR) is 235 cm³/mol. The average molecular weight is 952 g/mol. The van der Waals surface area contributed by atoms with Crippen LogP contribution in [0.5, 0.6) is 34.5 Å². The molecular weight excluding hydrogens is 894 g/mol. The number of nitro groups is 3. The molecule has 2 unspecified atom stereocenters. The van der Waals surface area contributed by atoms with Gasteiger partial charge in [-0.15, -0.1) is 0 Å². The molecule has 0 fully saturated rings. The van der Waals surface area contributed by atoms with E-state index < -0.39 is 38.7 Å². The number of carbonyl (C=O) groups excluding carboxylic acids is 3. The molecule has 67 heavy (non-hydrogen) atoms. The summed E-state index contributed by atoms with van der Waals surface area (Å²) in [5.74, 6) is -0.824. The number of aliphatic hydroxyl groups excluding tert-OH is 2. The van der Waals surface area contributed by atoms with Crippen LogP contribution in [0.2, 0.25) is 0 Å². The van der Waals surface area contributed by atoms with E-state index in [2.05, 4.69) is 0 Å². The Kier molecular flexibility index (Phi) is 25.8. The number of hydrogen-bond donors (Lipinski definition) is 3. The summed E-state index contributed by atoms with van der Waals surface area (Å²) in [5, 5.41) is 60.9. The number of ether oxygens (including phenoxy) is 8. The Balaban J connectivity index is 0.000000503. The number of aliphatic carboxylic acids is 1. The number of benzene rings is 3. The number of Topliss-reactive ketones (excluding diaryl/α,β-unsaturated/α-hetero) is 1. The van der Waals surface area contributed by atoms with E-state index in [9.17, 15) is 59.7 Å². The lowest BCUT2D eigenvalue weighted by Crippen LogP contribution is -2.08. The zero-order chi connectivity index (χ0) is 50.8. The second kappa shape index (κ2) is 30.0. The van der Waals surface area contributed by atoms with Crippen molar-refractivity contribution in [1.82, 2.24) is 0 Å². The van der Waals surface area contributed by atoms with Crippen LogP contribution in [0.15, 0.2) is 36.4 Å². The molecule has 0 aliphatic rings. The van der Waals surface area contributed by atoms with Gasteiger partial charge in [-0.25, -0.2) is 0 Å². The zero-order valence-electron chi connectivity index (χ0n) is 38.4. The van der Waals surface area contributed by atoms with E-state index in [0.29, 0.717) is 26.1 Å². The topological polar surface area (TPSA) is 332 Å². The molecule has 3 N–H and O–H groups in total. The van der Waals surface area contributed by atoms with Crippen molar-refractivity contribution in [2.75, 3.05) is 54.4 Å². The number of nitro benzene ring substituents is 3. The molecule has 24 nitrogen and oxygen atoms in total. The summed E-state index contributed by atoms with van der Waals surface area (Å²) in [6, 6.07) is 7.53. The lowest BCUT2D eigenvalue weighted by Gasteiger charge is -2.14. The lowest BCUT2D eigenvalue weighted by atomic mass is 10.1. The van der Waals surface area contributed by atoms with Crippen LogP contribution in [0.3, 0.4) is 0 Å². The van der Waals surface area contributed by atoms with Crippen molar-refractivity contribution in [2.45, 2.75) is 85.4 Å². The molecule has 0 amide bonds. The standard InChI is InChI=1S/C15H21NO7.C15H19NO7.C13H17NO7/c2*1-4-22-15(18)6-5-7-23-14-9-12(16(19)20)11(10(2)17)8-13(14)21-3;1-8(15)9-6-11(20-2)12(7-10(9)14(18)19)21-5-3-4-13(16)17/h8-10,17H,4-7H2,1-3H3;8-9H,4-7H2,1-3H3;6-8,15H,3-5H2,1-2H3,(H,16,17). The van der Waals surface area contributed by atoms with Gasteiger partial charge in [0, 0.05) is 25.3 Å². The van der Waals surface area contributed by atoms with Crippen LogP contribution >= 0.6 is 0 Å². The van der Waals surface area contributed by atoms with Gasteiger partial charge in [-0.3, -0.25) is 49.5 Å². The van der Waals surface area contributed by atoms with Crippen LogP contribution in [-0.4, -0.2) is 108 Å². The number of hydrogen-bond acceptors (Lipinski definition) is 20. The Bertz CT molecular complexity index is 2160. The van der Waals surface area contributed by atoms with Crippen molar-refractivity contribution in [2.24, 2.45) is 0 Å². The molecule has 0 aliphatic carbocycles. The smallest absolute Gasteiger partial charge is 0.305 e. The van der Waals surface area contributed by atoms with E-state index >= 15 is 0 Å². The number of rotatable bonds is 26. The van der Waals surface area contributed by atoms with Gasteiger partial charge in [0.25, 0.3) is 17.1 Å². The maximum atomic E-state index is 11.5. The van der Waals surface area contributed by atoms with Crippen LogP contribution < -0.4 is 28.4 Å². The molecule has 0 heterocycles. The molecule has 3 aromatic rings. The van der Waals surface area contributed by atoms with Crippen molar-refractivity contribution in [3.8, 4) is 34.5 Å². The molecule has 0 bridgehead atoms. The van der Waals surface area contributed by atoms with Crippen molar-refractivity contribution in [1.29, 1.82) is 0 Å². The van der Waals surface area contributed by atoms with Gasteiger partial charge in [-0.05, 0) is 66.0 Å². The molecule has 0 aliphatic heterocycles. The van der Waals surface area contributed by atoms with Gasteiger partial charge in [0.1, 0.15) is 0 Å². The Morgan fingerprint density at radius 3 is 1.16 bits per heavy atom. The van der Waals surface area contributed by atoms with Crippen LogP contribution in [0, 0.1) is 30.3 Å². The number of aliphatic hydroxyl groups is 2. The largest absolute Gasteiger partial charge is 0.493 e. The second-order valence-corrected chi connectivity index (χ2v) is 13.7. The van der Waals surface area contributed by atoms with E-state index in [1.165, 1.54) is 72.4 Å². The average Bonchev–Trinajstić information content (AvgIpc) is 3.27. The summed E-state index contributed by atoms with van der Waals surface area (Å²) in [5.41, 5.74) is -0.662. The monoisotopic (exact) mass is 951 g/mol. The van der Waals surface area contributed by atoms with Crippen LogP contribution in [0.4, 0.5) is 17.1 Å². The first-order valence-corrected chi connectivity index (χ1v) is 20.5. The summed E-state index contributed by atoms with van der Waals surface area (Å²) in [6.07, 6.45) is -0.644. The molecular formula is C43H57N3O21. The number of ketones is 1. The molecule has 0 saturated heterocycles. The highest BCUT2D eigenvalue weighted by Crippen LogP contribution is 2.39. The van der Waals surface area contributed by atoms with Crippen molar-refractivity contribution in [3.63, 3.8) is 0 Å². The summed E-state index contributed by atoms with van der Waals surface area (Å²) in [7, 11) is 4.14. The van der Waals surface area contributed by atoms with E-state index in [4.69, 9.17) is 43.0 Å². The maximum Gasteiger partial charge on any atom is 0.305 e. The maximum absolute atomic E-state index is 11.5. The lowest BCUT2D eigenvalue weighted by molar-refractivity contribution is -0.386. The third-order valence-corrected chi connectivity index (χ3v) is 8.75. The van der Waals surface area contributed by atoms with Crippen molar-refractivity contribution < 1.29 is 87.2 Å². The van der Waals surface area contributed by atoms with E-state index in [1.54, 1.807) is 13.8 Å². The van der Waals surface area contributed by atoms with Gasteiger partial charge in [-0.2, -0.15) is 0 Å². The van der Waals surface area contributed by atoms with Crippen LogP contribution in [-0.2, 0) is 23.9 Å². The Hall–Kier alpha value is -7.34. The van der Waals surface area contributed by atoms with Gasteiger partial charge < -0.3 is 53.2 Å². The minimum Gasteiger partial charge on any atom is -0.493 e. The van der Waals surface area contributed by atoms with E-state index in [1.807, 2.05) is 0 Å². The number of esters is 2. The number of carbonyl (C=O) groups is 4. The number of carboxylic acids is 1. The predicted octanol–water partition coefficient (Wildman–Crippen LogP) is 6.81. The Labute approximate surface area is 385 Å². The van der Waals surface area contributed by atoms with Gasteiger partial charge in [-0.1, -0.05) is 0 Å². The summed E-state index contributed by atoms with van der Waals surface area (Å²) in [4.78, 5) is 75.7. The third kappa shape index (κ3) is 19.7. The normalized spacial score (nSPS) is 11.1.